The van der Waals surface area contributed by atoms with Crippen LogP contribution in [0.25, 0.3) is 0 Å². The lowest BCUT2D eigenvalue weighted by Gasteiger charge is -2.26. The van der Waals surface area contributed by atoms with Gasteiger partial charge in [-0.15, -0.1) is 11.3 Å². The van der Waals surface area contributed by atoms with Gasteiger partial charge in [-0.3, -0.25) is 0 Å². The lowest BCUT2D eigenvalue weighted by molar-refractivity contribution is 0.388. The zero-order valence-electron chi connectivity index (χ0n) is 6.36. The summed E-state index contributed by atoms with van der Waals surface area (Å²) < 4.78 is 1.31. The van der Waals surface area contributed by atoms with E-state index in [-0.39, 0.29) is 0 Å². The van der Waals surface area contributed by atoms with Crippen LogP contribution in [0.4, 0.5) is 0 Å². The van der Waals surface area contributed by atoms with E-state index in [1.807, 2.05) is 11.3 Å². The number of aryl methyl sites for hydroxylation is 1. The number of halogens is 1. The van der Waals surface area contributed by atoms with E-state index in [1.54, 1.807) is 0 Å². The largest absolute Gasteiger partial charge is 0.309 e. The number of nitrogens with one attached hydrogen (secondary N) is 1. The minimum atomic E-state index is 0.628. The first-order chi connectivity index (χ1) is 5.29. The molecule has 0 saturated carbocycles. The second-order valence-electron chi connectivity index (χ2n) is 2.89. The summed E-state index contributed by atoms with van der Waals surface area (Å²) in [6.45, 7) is 3.32. The third kappa shape index (κ3) is 1.25. The van der Waals surface area contributed by atoms with E-state index in [0.717, 1.165) is 0 Å². The fourth-order valence-corrected chi connectivity index (χ4v) is 3.07. The smallest absolute Gasteiger partial charge is 0.0438 e. The highest BCUT2D eigenvalue weighted by Gasteiger charge is 2.22. The highest BCUT2D eigenvalue weighted by molar-refractivity contribution is 9.10. The van der Waals surface area contributed by atoms with Gasteiger partial charge in [-0.1, -0.05) is 0 Å². The Balaban J connectivity index is 2.29. The molecule has 0 aliphatic carbocycles. The van der Waals surface area contributed by atoms with Crippen molar-refractivity contribution in [2.75, 3.05) is 6.54 Å². The summed E-state index contributed by atoms with van der Waals surface area (Å²) in [5.41, 5.74) is 1.36. The maximum Gasteiger partial charge on any atom is 0.0438 e. The Labute approximate surface area is 78.9 Å². The van der Waals surface area contributed by atoms with E-state index in [2.05, 4.69) is 33.6 Å². The zero-order chi connectivity index (χ0) is 7.84. The van der Waals surface area contributed by atoms with Gasteiger partial charge in [0.2, 0.25) is 0 Å². The fourth-order valence-electron chi connectivity index (χ4n) is 1.20. The molecule has 11 heavy (non-hydrogen) atoms. The summed E-state index contributed by atoms with van der Waals surface area (Å²) in [4.78, 5) is 1.47. The number of thiophene rings is 1. The van der Waals surface area contributed by atoms with Crippen LogP contribution < -0.4 is 5.32 Å². The Bertz CT molecular complexity index is 265. The quantitative estimate of drug-likeness (QED) is 0.785. The molecule has 1 saturated heterocycles. The topological polar surface area (TPSA) is 12.0 Å². The van der Waals surface area contributed by atoms with Gasteiger partial charge in [-0.25, -0.2) is 0 Å². The van der Waals surface area contributed by atoms with Crippen molar-refractivity contribution in [3.63, 3.8) is 0 Å². The minimum Gasteiger partial charge on any atom is -0.309 e. The third-order valence-electron chi connectivity index (χ3n) is 2.07. The van der Waals surface area contributed by atoms with Crippen LogP contribution in [0.1, 0.15) is 22.9 Å². The van der Waals surface area contributed by atoms with Crippen molar-refractivity contribution in [2.45, 2.75) is 19.4 Å². The van der Waals surface area contributed by atoms with E-state index >= 15 is 0 Å². The maximum absolute atomic E-state index is 3.60. The van der Waals surface area contributed by atoms with Crippen molar-refractivity contribution in [3.8, 4) is 0 Å². The predicted octanol–water partition coefficient (Wildman–Crippen LogP) is 2.85. The molecule has 0 bridgehead atoms. The zero-order valence-corrected chi connectivity index (χ0v) is 8.76. The van der Waals surface area contributed by atoms with Gasteiger partial charge in [0, 0.05) is 15.4 Å². The highest BCUT2D eigenvalue weighted by Crippen LogP contribution is 2.36. The van der Waals surface area contributed by atoms with E-state index in [0.29, 0.717) is 6.04 Å². The Morgan fingerprint density at radius 1 is 1.73 bits per heavy atom. The monoisotopic (exact) mass is 231 g/mol. The second kappa shape index (κ2) is 2.88. The van der Waals surface area contributed by atoms with Crippen LogP contribution in [0.15, 0.2) is 9.85 Å². The molecular formula is C8H10BrNS. The molecule has 0 aromatic carbocycles. The van der Waals surface area contributed by atoms with Crippen molar-refractivity contribution in [1.29, 1.82) is 0 Å². The predicted molar refractivity (Wildman–Crippen MR) is 52.1 cm³/mol. The molecule has 1 aliphatic heterocycles. The molecule has 1 N–H and O–H groups in total. The molecular weight excluding hydrogens is 222 g/mol. The van der Waals surface area contributed by atoms with Gasteiger partial charge in [0.15, 0.2) is 0 Å². The number of rotatable bonds is 1. The summed E-state index contributed by atoms with van der Waals surface area (Å²) in [5, 5.41) is 5.60. The van der Waals surface area contributed by atoms with Gasteiger partial charge in [0.1, 0.15) is 0 Å². The number of hydrogen-bond donors (Lipinski definition) is 1. The fraction of sp³-hybridized carbons (Fsp3) is 0.500. The van der Waals surface area contributed by atoms with Crippen LogP contribution in [0.3, 0.4) is 0 Å². The van der Waals surface area contributed by atoms with Crippen molar-refractivity contribution in [1.82, 2.24) is 5.32 Å². The van der Waals surface area contributed by atoms with Gasteiger partial charge in [0.05, 0.1) is 0 Å². The standard InChI is InChI=1S/C8H10BrNS/c1-5-4-11-8(7(5)9)6-2-3-10-6/h4,6,10H,2-3H2,1H3. The first-order valence-corrected chi connectivity index (χ1v) is 5.43. The summed E-state index contributed by atoms with van der Waals surface area (Å²) in [6.07, 6.45) is 1.29. The Morgan fingerprint density at radius 3 is 2.82 bits per heavy atom. The summed E-state index contributed by atoms with van der Waals surface area (Å²) in [5.74, 6) is 0. The Kier molecular flexibility index (Phi) is 2.04. The normalized spacial score (nSPS) is 23.3. The molecule has 1 aromatic heterocycles. The molecule has 1 nitrogen and oxygen atoms in total. The summed E-state index contributed by atoms with van der Waals surface area (Å²) in [7, 11) is 0. The van der Waals surface area contributed by atoms with Gasteiger partial charge >= 0.3 is 0 Å². The third-order valence-corrected chi connectivity index (χ3v) is 4.59. The molecule has 0 radical (unpaired) electrons. The molecule has 1 unspecified atom stereocenters. The first-order valence-electron chi connectivity index (χ1n) is 3.76. The molecule has 2 rings (SSSR count). The first kappa shape index (κ1) is 7.77. The molecule has 1 atom stereocenters. The molecule has 0 spiro atoms. The lowest BCUT2D eigenvalue weighted by Crippen LogP contribution is -2.34. The average Bonchev–Trinajstić information content (AvgIpc) is 2.15. The summed E-state index contributed by atoms with van der Waals surface area (Å²) >= 11 is 5.45. The van der Waals surface area contributed by atoms with Crippen LogP contribution >= 0.6 is 27.3 Å². The van der Waals surface area contributed by atoms with Gasteiger partial charge in [0.25, 0.3) is 0 Å². The van der Waals surface area contributed by atoms with E-state index < -0.39 is 0 Å². The maximum atomic E-state index is 3.60. The van der Waals surface area contributed by atoms with Crippen LogP contribution in [0, 0.1) is 6.92 Å². The molecule has 1 fully saturated rings. The minimum absolute atomic E-state index is 0.628. The molecule has 1 aromatic rings. The highest BCUT2D eigenvalue weighted by atomic mass is 79.9. The van der Waals surface area contributed by atoms with Crippen LogP contribution in [0.5, 0.6) is 0 Å². The summed E-state index contributed by atoms with van der Waals surface area (Å²) in [6, 6.07) is 0.628. The van der Waals surface area contributed by atoms with Crippen molar-refractivity contribution in [2.24, 2.45) is 0 Å². The van der Waals surface area contributed by atoms with E-state index in [1.165, 1.54) is 27.9 Å². The Morgan fingerprint density at radius 2 is 2.45 bits per heavy atom. The van der Waals surface area contributed by atoms with Crippen molar-refractivity contribution >= 4 is 27.3 Å². The lowest BCUT2D eigenvalue weighted by atomic mass is 10.1. The van der Waals surface area contributed by atoms with Gasteiger partial charge < -0.3 is 5.32 Å². The van der Waals surface area contributed by atoms with Gasteiger partial charge in [-0.2, -0.15) is 0 Å². The molecule has 60 valence electrons. The van der Waals surface area contributed by atoms with Crippen LogP contribution in [-0.2, 0) is 0 Å². The van der Waals surface area contributed by atoms with Crippen LogP contribution in [-0.4, -0.2) is 6.54 Å². The number of hydrogen-bond acceptors (Lipinski definition) is 2. The second-order valence-corrected chi connectivity index (χ2v) is 4.60. The van der Waals surface area contributed by atoms with Crippen LogP contribution in [0.2, 0.25) is 0 Å². The average molecular weight is 232 g/mol. The van der Waals surface area contributed by atoms with Gasteiger partial charge in [-0.05, 0) is 46.8 Å². The molecule has 0 amide bonds. The van der Waals surface area contributed by atoms with Crippen molar-refractivity contribution in [3.05, 3.63) is 20.3 Å². The van der Waals surface area contributed by atoms with E-state index in [4.69, 9.17) is 0 Å². The molecule has 1 aliphatic rings. The van der Waals surface area contributed by atoms with E-state index in [9.17, 15) is 0 Å². The molecule has 2 heterocycles. The molecule has 3 heteroatoms. The van der Waals surface area contributed by atoms with Crippen molar-refractivity contribution < 1.29 is 0 Å². The Hall–Kier alpha value is 0.140. The SMILES string of the molecule is Cc1csc(C2CCN2)c1Br.